The highest BCUT2D eigenvalue weighted by Crippen LogP contribution is 2.08. The molecule has 0 aliphatic rings. The third-order valence-corrected chi connectivity index (χ3v) is 4.33. The molecule has 0 spiro atoms. The van der Waals surface area contributed by atoms with Crippen LogP contribution in [0.25, 0.3) is 0 Å². The molecule has 0 atom stereocenters. The number of carbonyl (C=O) groups excluding carboxylic acids is 2. The quantitative estimate of drug-likeness (QED) is 0.683. The lowest BCUT2D eigenvalue weighted by molar-refractivity contribution is 0.0950. The minimum atomic E-state index is -0.320. The minimum absolute atomic E-state index is 0.242. The lowest BCUT2D eigenvalue weighted by Gasteiger charge is -2.09. The predicted molar refractivity (Wildman–Crippen MR) is 106 cm³/mol. The van der Waals surface area contributed by atoms with Gasteiger partial charge in [-0.25, -0.2) is 4.39 Å². The van der Waals surface area contributed by atoms with Crippen LogP contribution in [0.4, 0.5) is 4.39 Å². The number of amides is 2. The van der Waals surface area contributed by atoms with Crippen LogP contribution in [0, 0.1) is 12.7 Å². The average Bonchev–Trinajstić information content (AvgIpc) is 2.72. The number of aryl methyl sites for hydroxylation is 1. The molecule has 4 nitrogen and oxygen atoms in total. The molecule has 0 aromatic heterocycles. The van der Waals surface area contributed by atoms with Gasteiger partial charge < -0.3 is 10.6 Å². The van der Waals surface area contributed by atoms with Crippen molar-refractivity contribution in [1.82, 2.24) is 10.6 Å². The molecule has 3 rings (SSSR count). The molecule has 0 saturated carbocycles. The molecule has 2 N–H and O–H groups in total. The smallest absolute Gasteiger partial charge is 0.251 e. The lowest BCUT2D eigenvalue weighted by Crippen LogP contribution is -2.25. The molecule has 0 fully saturated rings. The van der Waals surface area contributed by atoms with Crippen LogP contribution in [0.5, 0.6) is 0 Å². The maximum absolute atomic E-state index is 12.9. The van der Waals surface area contributed by atoms with Gasteiger partial charge in [0.15, 0.2) is 0 Å². The maximum Gasteiger partial charge on any atom is 0.251 e. The fourth-order valence-corrected chi connectivity index (χ4v) is 2.68. The van der Waals surface area contributed by atoms with Crippen molar-refractivity contribution in [2.75, 3.05) is 0 Å². The first-order chi connectivity index (χ1) is 13.5. The summed E-state index contributed by atoms with van der Waals surface area (Å²) in [6, 6.07) is 20.4. The van der Waals surface area contributed by atoms with Gasteiger partial charge in [-0.2, -0.15) is 0 Å². The molecule has 2 amide bonds. The fraction of sp³-hybridized carbons (Fsp3) is 0.130. The number of halogens is 1. The summed E-state index contributed by atoms with van der Waals surface area (Å²) in [5.74, 6) is -0.856. The van der Waals surface area contributed by atoms with Crippen LogP contribution in [0.3, 0.4) is 0 Å². The van der Waals surface area contributed by atoms with E-state index in [0.29, 0.717) is 17.7 Å². The highest BCUT2D eigenvalue weighted by molar-refractivity contribution is 5.99. The van der Waals surface area contributed by atoms with Crippen LogP contribution in [-0.4, -0.2) is 11.8 Å². The van der Waals surface area contributed by atoms with Crippen LogP contribution in [-0.2, 0) is 13.1 Å². The van der Waals surface area contributed by atoms with E-state index in [1.165, 1.54) is 12.1 Å². The molecular formula is C23H21FN2O2. The number of hydrogen-bond donors (Lipinski definition) is 2. The molecule has 0 unspecified atom stereocenters. The summed E-state index contributed by atoms with van der Waals surface area (Å²) in [6.07, 6.45) is 0. The third kappa shape index (κ3) is 5.27. The minimum Gasteiger partial charge on any atom is -0.348 e. The molecule has 0 saturated heterocycles. The van der Waals surface area contributed by atoms with E-state index in [0.717, 1.165) is 16.7 Å². The Morgan fingerprint density at radius 3 is 1.71 bits per heavy atom. The maximum atomic E-state index is 12.9. The zero-order valence-corrected chi connectivity index (χ0v) is 15.5. The normalized spacial score (nSPS) is 10.4. The Kier molecular flexibility index (Phi) is 6.17. The number of rotatable bonds is 6. The van der Waals surface area contributed by atoms with Crippen LogP contribution in [0.1, 0.15) is 37.4 Å². The van der Waals surface area contributed by atoms with Crippen molar-refractivity contribution in [3.05, 3.63) is 106 Å². The summed E-state index contributed by atoms with van der Waals surface area (Å²) in [5.41, 5.74) is 3.77. The van der Waals surface area contributed by atoms with Crippen molar-refractivity contribution in [2.45, 2.75) is 20.0 Å². The summed E-state index contributed by atoms with van der Waals surface area (Å²) in [6.45, 7) is 2.71. The Morgan fingerprint density at radius 2 is 1.21 bits per heavy atom. The highest BCUT2D eigenvalue weighted by Gasteiger charge is 2.10. The third-order valence-electron chi connectivity index (χ3n) is 4.33. The van der Waals surface area contributed by atoms with Gasteiger partial charge in [0.1, 0.15) is 5.82 Å². The molecule has 0 aliphatic heterocycles. The first-order valence-electron chi connectivity index (χ1n) is 8.98. The van der Waals surface area contributed by atoms with Gasteiger partial charge in [-0.3, -0.25) is 9.59 Å². The zero-order chi connectivity index (χ0) is 19.9. The van der Waals surface area contributed by atoms with Gasteiger partial charge in [0.2, 0.25) is 0 Å². The van der Waals surface area contributed by atoms with Gasteiger partial charge in [-0.05, 0) is 48.4 Å². The SMILES string of the molecule is Cc1ccc(CNC(=O)c2cccc(C(=O)NCc3ccc(F)cc3)c2)cc1. The lowest BCUT2D eigenvalue weighted by atomic mass is 10.1. The second kappa shape index (κ2) is 8.95. The number of benzene rings is 3. The molecule has 5 heteroatoms. The van der Waals surface area contributed by atoms with E-state index in [1.54, 1.807) is 36.4 Å². The topological polar surface area (TPSA) is 58.2 Å². The number of carbonyl (C=O) groups is 2. The van der Waals surface area contributed by atoms with Crippen LogP contribution in [0.2, 0.25) is 0 Å². The molecule has 0 bridgehead atoms. The van der Waals surface area contributed by atoms with Crippen molar-refractivity contribution in [2.24, 2.45) is 0 Å². The monoisotopic (exact) mass is 376 g/mol. The molecule has 3 aromatic carbocycles. The number of nitrogens with one attached hydrogen (secondary N) is 2. The average molecular weight is 376 g/mol. The van der Waals surface area contributed by atoms with Gasteiger partial charge in [-0.1, -0.05) is 48.0 Å². The van der Waals surface area contributed by atoms with Crippen LogP contribution < -0.4 is 10.6 Å². The van der Waals surface area contributed by atoms with Gasteiger partial charge in [0, 0.05) is 24.2 Å². The van der Waals surface area contributed by atoms with E-state index in [1.807, 2.05) is 31.2 Å². The summed E-state index contributed by atoms with van der Waals surface area (Å²) in [5, 5.41) is 5.63. The van der Waals surface area contributed by atoms with E-state index < -0.39 is 0 Å². The Morgan fingerprint density at radius 1 is 0.750 bits per heavy atom. The molecule has 0 heterocycles. The molecule has 0 radical (unpaired) electrons. The highest BCUT2D eigenvalue weighted by atomic mass is 19.1. The Labute approximate surface area is 163 Å². The van der Waals surface area contributed by atoms with Gasteiger partial charge in [0.25, 0.3) is 11.8 Å². The molecule has 0 aliphatic carbocycles. The van der Waals surface area contributed by atoms with Crippen molar-refractivity contribution in [1.29, 1.82) is 0 Å². The van der Waals surface area contributed by atoms with Gasteiger partial charge >= 0.3 is 0 Å². The summed E-state index contributed by atoms with van der Waals surface area (Å²) in [7, 11) is 0. The molecule has 28 heavy (non-hydrogen) atoms. The van der Waals surface area contributed by atoms with Crippen LogP contribution >= 0.6 is 0 Å². The molecular weight excluding hydrogens is 355 g/mol. The Balaban J connectivity index is 1.58. The second-order valence-electron chi connectivity index (χ2n) is 6.56. The summed E-state index contributed by atoms with van der Waals surface area (Å²) >= 11 is 0. The first-order valence-corrected chi connectivity index (χ1v) is 8.98. The fourth-order valence-electron chi connectivity index (χ4n) is 2.68. The van der Waals surface area contributed by atoms with Gasteiger partial charge in [-0.15, -0.1) is 0 Å². The second-order valence-corrected chi connectivity index (χ2v) is 6.56. The Bertz CT molecular complexity index is 890. The largest absolute Gasteiger partial charge is 0.348 e. The standard InChI is InChI=1S/C23H21FN2O2/c1-16-5-7-17(8-6-16)14-25-22(27)19-3-2-4-20(13-19)23(28)26-15-18-9-11-21(24)12-10-18/h2-13H,14-15H2,1H3,(H,25,27)(H,26,28). The first kappa shape index (κ1) is 19.3. The van der Waals surface area contributed by atoms with E-state index >= 15 is 0 Å². The summed E-state index contributed by atoms with van der Waals surface area (Å²) < 4.78 is 12.9. The summed E-state index contributed by atoms with van der Waals surface area (Å²) in [4.78, 5) is 24.7. The molecule has 3 aromatic rings. The van der Waals surface area contributed by atoms with E-state index in [2.05, 4.69) is 10.6 Å². The Hall–Kier alpha value is -3.47. The van der Waals surface area contributed by atoms with Crippen molar-refractivity contribution in [3.63, 3.8) is 0 Å². The van der Waals surface area contributed by atoms with E-state index in [-0.39, 0.29) is 24.2 Å². The van der Waals surface area contributed by atoms with Crippen molar-refractivity contribution in [3.8, 4) is 0 Å². The predicted octanol–water partition coefficient (Wildman–Crippen LogP) is 3.99. The van der Waals surface area contributed by atoms with Crippen LogP contribution in [0.15, 0.2) is 72.8 Å². The van der Waals surface area contributed by atoms with Crippen molar-refractivity contribution >= 4 is 11.8 Å². The number of hydrogen-bond acceptors (Lipinski definition) is 2. The van der Waals surface area contributed by atoms with E-state index in [4.69, 9.17) is 0 Å². The van der Waals surface area contributed by atoms with Gasteiger partial charge in [0.05, 0.1) is 0 Å². The molecule has 142 valence electrons. The van der Waals surface area contributed by atoms with E-state index in [9.17, 15) is 14.0 Å². The zero-order valence-electron chi connectivity index (χ0n) is 15.5. The van der Waals surface area contributed by atoms with Crippen molar-refractivity contribution < 1.29 is 14.0 Å².